The van der Waals surface area contributed by atoms with Crippen molar-refractivity contribution < 1.29 is 0 Å². The van der Waals surface area contributed by atoms with Crippen LogP contribution < -0.4 is 5.32 Å². The summed E-state index contributed by atoms with van der Waals surface area (Å²) >= 11 is 1.78. The topological polar surface area (TPSA) is 37.3 Å². The molecule has 3 nitrogen and oxygen atoms in total. The first-order chi connectivity index (χ1) is 8.43. The number of aliphatic imine (C=N–C) groups is 1. The highest BCUT2D eigenvalue weighted by molar-refractivity contribution is 8.14. The van der Waals surface area contributed by atoms with Gasteiger partial charge in [0.1, 0.15) is 0 Å². The molecule has 0 bridgehead atoms. The first-order valence-corrected chi connectivity index (χ1v) is 6.70. The SMILES string of the molecule is c1cnc2c(NC3=NCCCS3)cccc2c1. The van der Waals surface area contributed by atoms with E-state index in [4.69, 9.17) is 0 Å². The minimum absolute atomic E-state index is 0.924. The first kappa shape index (κ1) is 10.6. The standard InChI is InChI=1S/C13H13N3S/c1-4-10-5-2-7-14-12(10)11(6-1)16-13-15-8-3-9-17-13/h1-2,4-7H,3,8-9H2,(H,15,16). The quantitative estimate of drug-likeness (QED) is 0.836. The fourth-order valence-electron chi connectivity index (χ4n) is 1.86. The third-order valence-corrected chi connectivity index (χ3v) is 3.67. The number of thioether (sulfide) groups is 1. The molecule has 0 aliphatic carbocycles. The van der Waals surface area contributed by atoms with Crippen LogP contribution in [0.4, 0.5) is 5.69 Å². The number of benzene rings is 1. The van der Waals surface area contributed by atoms with E-state index in [-0.39, 0.29) is 0 Å². The molecular formula is C13H13N3S. The molecule has 1 N–H and O–H groups in total. The van der Waals surface area contributed by atoms with E-state index in [1.807, 2.05) is 24.4 Å². The Morgan fingerprint density at radius 3 is 3.00 bits per heavy atom. The van der Waals surface area contributed by atoms with Gasteiger partial charge >= 0.3 is 0 Å². The predicted molar refractivity (Wildman–Crippen MR) is 74.7 cm³/mol. The molecule has 2 aromatic rings. The average molecular weight is 243 g/mol. The molecule has 1 aliphatic rings. The summed E-state index contributed by atoms with van der Waals surface area (Å²) in [6.45, 7) is 0.924. The number of nitrogens with one attached hydrogen (secondary N) is 1. The summed E-state index contributed by atoms with van der Waals surface area (Å²) in [5, 5.41) is 5.53. The predicted octanol–water partition coefficient (Wildman–Crippen LogP) is 3.14. The van der Waals surface area contributed by atoms with Gasteiger partial charge in [0.05, 0.1) is 11.2 Å². The number of para-hydroxylation sites is 1. The fourth-order valence-corrected chi connectivity index (χ4v) is 2.69. The van der Waals surface area contributed by atoms with Crippen molar-refractivity contribution in [2.24, 2.45) is 4.99 Å². The van der Waals surface area contributed by atoms with Gasteiger partial charge < -0.3 is 5.32 Å². The number of hydrogen-bond donors (Lipinski definition) is 1. The molecule has 0 amide bonds. The molecule has 0 fully saturated rings. The zero-order chi connectivity index (χ0) is 11.5. The molecule has 86 valence electrons. The number of rotatable bonds is 1. The van der Waals surface area contributed by atoms with Crippen LogP contribution in [0.15, 0.2) is 41.5 Å². The lowest BCUT2D eigenvalue weighted by molar-refractivity contribution is 0.938. The number of fused-ring (bicyclic) bond motifs is 1. The van der Waals surface area contributed by atoms with Gasteiger partial charge in [0, 0.05) is 23.9 Å². The Bertz CT molecular complexity index is 560. The van der Waals surface area contributed by atoms with Gasteiger partial charge in [-0.05, 0) is 18.6 Å². The number of pyridine rings is 1. The maximum Gasteiger partial charge on any atom is 0.161 e. The molecule has 4 heteroatoms. The maximum absolute atomic E-state index is 4.47. The summed E-state index contributed by atoms with van der Waals surface area (Å²) in [7, 11) is 0. The molecule has 17 heavy (non-hydrogen) atoms. The van der Waals surface area contributed by atoms with Crippen LogP contribution in [0, 0.1) is 0 Å². The molecule has 0 atom stereocenters. The molecule has 0 saturated heterocycles. The highest BCUT2D eigenvalue weighted by Crippen LogP contribution is 2.23. The van der Waals surface area contributed by atoms with Gasteiger partial charge in [0.15, 0.2) is 5.17 Å². The van der Waals surface area contributed by atoms with Crippen LogP contribution in [0.1, 0.15) is 6.42 Å². The van der Waals surface area contributed by atoms with Crippen LogP contribution in [-0.4, -0.2) is 22.4 Å². The number of nitrogens with zero attached hydrogens (tertiary/aromatic N) is 2. The number of aromatic nitrogens is 1. The summed E-state index contributed by atoms with van der Waals surface area (Å²) in [4.78, 5) is 8.89. The third-order valence-electron chi connectivity index (χ3n) is 2.67. The summed E-state index contributed by atoms with van der Waals surface area (Å²) in [6.07, 6.45) is 2.99. The van der Waals surface area contributed by atoms with Crippen molar-refractivity contribution in [1.82, 2.24) is 4.98 Å². The van der Waals surface area contributed by atoms with E-state index < -0.39 is 0 Å². The summed E-state index contributed by atoms with van der Waals surface area (Å²) in [5.74, 6) is 1.14. The monoisotopic (exact) mass is 243 g/mol. The smallest absolute Gasteiger partial charge is 0.161 e. The van der Waals surface area contributed by atoms with Gasteiger partial charge in [0.2, 0.25) is 0 Å². The van der Waals surface area contributed by atoms with Crippen LogP contribution in [0.5, 0.6) is 0 Å². The van der Waals surface area contributed by atoms with Crippen molar-refractivity contribution in [1.29, 1.82) is 0 Å². The van der Waals surface area contributed by atoms with Crippen molar-refractivity contribution in [3.05, 3.63) is 36.5 Å². The van der Waals surface area contributed by atoms with Crippen molar-refractivity contribution >= 4 is 33.5 Å². The lowest BCUT2D eigenvalue weighted by atomic mass is 10.2. The number of anilines is 1. The highest BCUT2D eigenvalue weighted by Gasteiger charge is 2.08. The van der Waals surface area contributed by atoms with E-state index in [1.54, 1.807) is 11.8 Å². The minimum Gasteiger partial charge on any atom is -0.333 e. The van der Waals surface area contributed by atoms with Gasteiger partial charge in [-0.25, -0.2) is 0 Å². The molecule has 0 spiro atoms. The van der Waals surface area contributed by atoms with E-state index in [0.29, 0.717) is 0 Å². The second kappa shape index (κ2) is 4.75. The Hall–Kier alpha value is -1.55. The third kappa shape index (κ3) is 2.26. The highest BCUT2D eigenvalue weighted by atomic mass is 32.2. The fraction of sp³-hybridized carbons (Fsp3) is 0.231. The average Bonchev–Trinajstić information content (AvgIpc) is 2.40. The molecule has 0 saturated carbocycles. The Balaban J connectivity index is 1.97. The van der Waals surface area contributed by atoms with Crippen molar-refractivity contribution in [3.63, 3.8) is 0 Å². The Kier molecular flexibility index (Phi) is 2.96. The Labute approximate surface area is 104 Å². The van der Waals surface area contributed by atoms with Gasteiger partial charge in [-0.3, -0.25) is 9.98 Å². The molecule has 1 aliphatic heterocycles. The van der Waals surface area contributed by atoms with Crippen LogP contribution in [0.25, 0.3) is 10.9 Å². The molecule has 3 rings (SSSR count). The molecule has 1 aromatic carbocycles. The normalized spacial score (nSPS) is 15.6. The zero-order valence-corrected chi connectivity index (χ0v) is 10.2. The lowest BCUT2D eigenvalue weighted by Crippen LogP contribution is -2.13. The van der Waals surface area contributed by atoms with E-state index in [1.165, 1.54) is 6.42 Å². The Morgan fingerprint density at radius 1 is 1.18 bits per heavy atom. The van der Waals surface area contributed by atoms with Crippen LogP contribution >= 0.6 is 11.8 Å². The van der Waals surface area contributed by atoms with E-state index in [0.717, 1.165) is 34.1 Å². The molecule has 2 heterocycles. The zero-order valence-electron chi connectivity index (χ0n) is 9.39. The lowest BCUT2D eigenvalue weighted by Gasteiger charge is -2.14. The minimum atomic E-state index is 0.924. The van der Waals surface area contributed by atoms with Gasteiger partial charge in [0.25, 0.3) is 0 Å². The van der Waals surface area contributed by atoms with Crippen molar-refractivity contribution in [2.45, 2.75) is 6.42 Å². The van der Waals surface area contributed by atoms with E-state index in [9.17, 15) is 0 Å². The van der Waals surface area contributed by atoms with Gasteiger partial charge in [-0.15, -0.1) is 0 Å². The molecular weight excluding hydrogens is 230 g/mol. The van der Waals surface area contributed by atoms with E-state index in [2.05, 4.69) is 27.4 Å². The van der Waals surface area contributed by atoms with Gasteiger partial charge in [-0.2, -0.15) is 0 Å². The number of hydrogen-bond acceptors (Lipinski definition) is 4. The van der Waals surface area contributed by atoms with Crippen LogP contribution in [0.2, 0.25) is 0 Å². The largest absolute Gasteiger partial charge is 0.333 e. The van der Waals surface area contributed by atoms with Crippen LogP contribution in [-0.2, 0) is 0 Å². The number of amidine groups is 1. The summed E-state index contributed by atoms with van der Waals surface area (Å²) < 4.78 is 0. The summed E-state index contributed by atoms with van der Waals surface area (Å²) in [5.41, 5.74) is 2.04. The maximum atomic E-state index is 4.47. The molecule has 0 unspecified atom stereocenters. The van der Waals surface area contributed by atoms with Crippen molar-refractivity contribution in [3.8, 4) is 0 Å². The second-order valence-corrected chi connectivity index (χ2v) is 4.98. The molecule has 0 radical (unpaired) electrons. The van der Waals surface area contributed by atoms with Crippen LogP contribution in [0.3, 0.4) is 0 Å². The first-order valence-electron chi connectivity index (χ1n) is 5.71. The van der Waals surface area contributed by atoms with Crippen molar-refractivity contribution in [2.75, 3.05) is 17.6 Å². The van der Waals surface area contributed by atoms with Gasteiger partial charge in [-0.1, -0.05) is 30.0 Å². The second-order valence-electron chi connectivity index (χ2n) is 3.89. The molecule has 1 aromatic heterocycles. The summed E-state index contributed by atoms with van der Waals surface area (Å²) in [6, 6.07) is 10.2. The Morgan fingerprint density at radius 2 is 2.12 bits per heavy atom. The van der Waals surface area contributed by atoms with E-state index >= 15 is 0 Å².